The average molecular weight is 345 g/mol. The van der Waals surface area contributed by atoms with Crippen LogP contribution in [0.4, 0.5) is 5.69 Å². The SMILES string of the molecule is CCOc1ccc(N=c2scc(-c3cccs3)n2C(C)C)cc1. The third-order valence-corrected chi connectivity index (χ3v) is 5.14. The highest BCUT2D eigenvalue weighted by molar-refractivity contribution is 7.14. The lowest BCUT2D eigenvalue weighted by Crippen LogP contribution is -2.17. The molecule has 3 nitrogen and oxygen atoms in total. The molecule has 3 aromatic rings. The van der Waals surface area contributed by atoms with Crippen LogP contribution in [0.5, 0.6) is 5.75 Å². The van der Waals surface area contributed by atoms with E-state index in [-0.39, 0.29) is 0 Å². The fourth-order valence-corrected chi connectivity index (χ4v) is 4.25. The Morgan fingerprint density at radius 3 is 2.52 bits per heavy atom. The maximum atomic E-state index is 5.48. The number of benzene rings is 1. The number of rotatable bonds is 5. The molecule has 3 rings (SSSR count). The molecule has 0 aliphatic carbocycles. The van der Waals surface area contributed by atoms with Crippen molar-refractivity contribution in [3.05, 3.63) is 52.0 Å². The second-order valence-corrected chi connectivity index (χ2v) is 7.17. The Kier molecular flexibility index (Phi) is 4.98. The van der Waals surface area contributed by atoms with Crippen molar-refractivity contribution in [2.45, 2.75) is 26.8 Å². The maximum Gasteiger partial charge on any atom is 0.190 e. The van der Waals surface area contributed by atoms with Crippen molar-refractivity contribution in [3.63, 3.8) is 0 Å². The first-order valence-corrected chi connectivity index (χ1v) is 9.46. The summed E-state index contributed by atoms with van der Waals surface area (Å²) in [5.41, 5.74) is 2.19. The van der Waals surface area contributed by atoms with E-state index in [1.807, 2.05) is 31.2 Å². The van der Waals surface area contributed by atoms with Crippen LogP contribution in [0.1, 0.15) is 26.8 Å². The molecule has 1 aromatic carbocycles. The molecule has 5 heteroatoms. The van der Waals surface area contributed by atoms with Gasteiger partial charge in [-0.15, -0.1) is 22.7 Å². The molecule has 2 aromatic heterocycles. The highest BCUT2D eigenvalue weighted by Gasteiger charge is 2.11. The van der Waals surface area contributed by atoms with Gasteiger partial charge in [0.2, 0.25) is 0 Å². The molecular weight excluding hydrogens is 324 g/mol. The minimum atomic E-state index is 0.361. The molecule has 0 spiro atoms. The van der Waals surface area contributed by atoms with Crippen molar-refractivity contribution in [2.24, 2.45) is 4.99 Å². The van der Waals surface area contributed by atoms with E-state index in [0.717, 1.165) is 16.2 Å². The van der Waals surface area contributed by atoms with E-state index in [1.165, 1.54) is 10.6 Å². The van der Waals surface area contributed by atoms with E-state index in [0.29, 0.717) is 12.6 Å². The summed E-state index contributed by atoms with van der Waals surface area (Å²) in [6.45, 7) is 7.06. The number of hydrogen-bond acceptors (Lipinski definition) is 4. The van der Waals surface area contributed by atoms with Crippen LogP contribution in [0.3, 0.4) is 0 Å². The van der Waals surface area contributed by atoms with Gasteiger partial charge in [0, 0.05) is 11.4 Å². The van der Waals surface area contributed by atoms with Gasteiger partial charge in [-0.05, 0) is 56.5 Å². The fourth-order valence-electron chi connectivity index (χ4n) is 2.40. The van der Waals surface area contributed by atoms with Crippen LogP contribution in [0, 0.1) is 0 Å². The first-order valence-electron chi connectivity index (χ1n) is 7.70. The van der Waals surface area contributed by atoms with Gasteiger partial charge in [-0.3, -0.25) is 0 Å². The van der Waals surface area contributed by atoms with E-state index < -0.39 is 0 Å². The summed E-state index contributed by atoms with van der Waals surface area (Å²) >= 11 is 3.45. The summed E-state index contributed by atoms with van der Waals surface area (Å²) in [4.78, 5) is 7.13. The molecule has 120 valence electrons. The van der Waals surface area contributed by atoms with Crippen molar-refractivity contribution in [1.29, 1.82) is 0 Å². The molecule has 0 aliphatic heterocycles. The minimum Gasteiger partial charge on any atom is -0.494 e. The Hall–Kier alpha value is -1.85. The predicted molar refractivity (Wildman–Crippen MR) is 98.8 cm³/mol. The van der Waals surface area contributed by atoms with Crippen molar-refractivity contribution < 1.29 is 4.74 Å². The number of ether oxygens (including phenoxy) is 1. The second-order valence-electron chi connectivity index (χ2n) is 5.38. The Bertz CT molecular complexity index is 812. The molecular formula is C18H20N2OS2. The third-order valence-electron chi connectivity index (χ3n) is 3.40. The number of nitrogens with zero attached hydrogens (tertiary/aromatic N) is 2. The number of thiophene rings is 1. The standard InChI is InChI=1S/C18H20N2OS2/c1-4-21-15-9-7-14(8-10-15)19-18-20(13(2)3)16(12-23-18)17-6-5-11-22-17/h5-13H,4H2,1-3H3. The fraction of sp³-hybridized carbons (Fsp3) is 0.278. The summed E-state index contributed by atoms with van der Waals surface area (Å²) < 4.78 is 7.78. The molecule has 0 fully saturated rings. The number of thiazole rings is 1. The lowest BCUT2D eigenvalue weighted by molar-refractivity contribution is 0.340. The van der Waals surface area contributed by atoms with Crippen LogP contribution < -0.4 is 9.54 Å². The molecule has 0 aliphatic rings. The zero-order valence-electron chi connectivity index (χ0n) is 13.5. The second kappa shape index (κ2) is 7.15. The first kappa shape index (κ1) is 16.0. The topological polar surface area (TPSA) is 26.5 Å². The van der Waals surface area contributed by atoms with Crippen molar-refractivity contribution in [2.75, 3.05) is 6.61 Å². The molecule has 0 bridgehead atoms. The van der Waals surface area contributed by atoms with Gasteiger partial charge >= 0.3 is 0 Å². The van der Waals surface area contributed by atoms with E-state index in [4.69, 9.17) is 9.73 Å². The summed E-state index contributed by atoms with van der Waals surface area (Å²) in [5, 5.41) is 4.31. The largest absolute Gasteiger partial charge is 0.494 e. The maximum absolute atomic E-state index is 5.48. The monoisotopic (exact) mass is 344 g/mol. The molecule has 0 atom stereocenters. The van der Waals surface area contributed by atoms with E-state index in [2.05, 4.69) is 41.3 Å². The van der Waals surface area contributed by atoms with Gasteiger partial charge in [0.05, 0.1) is 22.9 Å². The lowest BCUT2D eigenvalue weighted by Gasteiger charge is -2.11. The van der Waals surface area contributed by atoms with E-state index in [9.17, 15) is 0 Å². The molecule has 2 heterocycles. The van der Waals surface area contributed by atoms with Gasteiger partial charge < -0.3 is 9.30 Å². The van der Waals surface area contributed by atoms with Gasteiger partial charge in [0.25, 0.3) is 0 Å². The van der Waals surface area contributed by atoms with Crippen LogP contribution in [0.15, 0.2) is 52.2 Å². The van der Waals surface area contributed by atoms with Crippen LogP contribution >= 0.6 is 22.7 Å². The van der Waals surface area contributed by atoms with Gasteiger partial charge in [0.1, 0.15) is 5.75 Å². The summed E-state index contributed by atoms with van der Waals surface area (Å²) in [6.07, 6.45) is 0. The first-order chi connectivity index (χ1) is 11.2. The predicted octanol–water partition coefficient (Wildman–Crippen LogP) is 5.49. The van der Waals surface area contributed by atoms with Crippen molar-refractivity contribution in [3.8, 4) is 16.3 Å². The molecule has 23 heavy (non-hydrogen) atoms. The Balaban J connectivity index is 2.02. The van der Waals surface area contributed by atoms with E-state index >= 15 is 0 Å². The quantitative estimate of drug-likeness (QED) is 0.601. The van der Waals surface area contributed by atoms with E-state index in [1.54, 1.807) is 22.7 Å². The van der Waals surface area contributed by atoms with Crippen LogP contribution in [0.2, 0.25) is 0 Å². The van der Waals surface area contributed by atoms with Crippen molar-refractivity contribution in [1.82, 2.24) is 4.57 Å². The molecule has 0 N–H and O–H groups in total. The normalized spacial score (nSPS) is 12.1. The Morgan fingerprint density at radius 2 is 1.91 bits per heavy atom. The highest BCUT2D eigenvalue weighted by atomic mass is 32.1. The van der Waals surface area contributed by atoms with Crippen LogP contribution in [-0.4, -0.2) is 11.2 Å². The van der Waals surface area contributed by atoms with Gasteiger partial charge in [-0.2, -0.15) is 0 Å². The Morgan fingerprint density at radius 1 is 1.13 bits per heavy atom. The molecule has 0 radical (unpaired) electrons. The third kappa shape index (κ3) is 3.57. The van der Waals surface area contributed by atoms with Gasteiger partial charge in [0.15, 0.2) is 4.80 Å². The molecule has 0 saturated heterocycles. The molecule has 0 unspecified atom stereocenters. The Labute approximate surface area is 144 Å². The van der Waals surface area contributed by atoms with Crippen molar-refractivity contribution >= 4 is 28.4 Å². The molecule has 0 amide bonds. The molecule has 0 saturated carbocycles. The minimum absolute atomic E-state index is 0.361. The van der Waals surface area contributed by atoms with Gasteiger partial charge in [-0.25, -0.2) is 4.99 Å². The lowest BCUT2D eigenvalue weighted by atomic mass is 10.3. The zero-order valence-corrected chi connectivity index (χ0v) is 15.2. The summed E-state index contributed by atoms with van der Waals surface area (Å²) in [5.74, 6) is 0.883. The number of aromatic nitrogens is 1. The highest BCUT2D eigenvalue weighted by Crippen LogP contribution is 2.27. The average Bonchev–Trinajstić information content (AvgIpc) is 3.18. The number of hydrogen-bond donors (Lipinski definition) is 0. The summed E-state index contributed by atoms with van der Waals surface area (Å²) in [6, 6.07) is 12.5. The smallest absolute Gasteiger partial charge is 0.190 e. The zero-order chi connectivity index (χ0) is 16.2. The van der Waals surface area contributed by atoms with Crippen LogP contribution in [-0.2, 0) is 0 Å². The van der Waals surface area contributed by atoms with Crippen LogP contribution in [0.25, 0.3) is 10.6 Å². The van der Waals surface area contributed by atoms with Gasteiger partial charge in [-0.1, -0.05) is 6.07 Å². The summed E-state index contributed by atoms with van der Waals surface area (Å²) in [7, 11) is 0.